The minimum atomic E-state index is -0.836. The fourth-order valence-electron chi connectivity index (χ4n) is 1.08. The number of carboxylic acid groups (broad SMARTS) is 1. The molecular weight excluding hydrogens is 241 g/mol. The van der Waals surface area contributed by atoms with Crippen LogP contribution in [0.2, 0.25) is 0 Å². The van der Waals surface area contributed by atoms with E-state index in [0.29, 0.717) is 6.42 Å². The van der Waals surface area contributed by atoms with Gasteiger partial charge in [-0.1, -0.05) is 15.9 Å². The molecule has 0 aliphatic carbocycles. The van der Waals surface area contributed by atoms with Crippen LogP contribution in [0.15, 0.2) is 0 Å². The fourth-order valence-corrected chi connectivity index (χ4v) is 2.33. The van der Waals surface area contributed by atoms with Gasteiger partial charge in [-0.2, -0.15) is 0 Å². The summed E-state index contributed by atoms with van der Waals surface area (Å²) in [4.78, 5) is 10.5. The van der Waals surface area contributed by atoms with E-state index in [1.165, 1.54) is 0 Å². The summed E-state index contributed by atoms with van der Waals surface area (Å²) in [5.41, 5.74) is 0. The number of rotatable bonds is 8. The summed E-state index contributed by atoms with van der Waals surface area (Å²) in [6.45, 7) is 2.00. The van der Waals surface area contributed by atoms with Crippen LogP contribution in [0.3, 0.4) is 0 Å². The molecule has 0 bridgehead atoms. The zero-order valence-electron chi connectivity index (χ0n) is 8.10. The zero-order chi connectivity index (χ0) is 11.0. The van der Waals surface area contributed by atoms with Gasteiger partial charge in [0.05, 0.1) is 18.6 Å². The minimum absolute atomic E-state index is 0.0337. The van der Waals surface area contributed by atoms with Gasteiger partial charge in [-0.25, -0.2) is 0 Å². The normalized spacial score (nSPS) is 15.9. The van der Waals surface area contributed by atoms with Crippen molar-refractivity contribution in [2.45, 2.75) is 38.4 Å². The van der Waals surface area contributed by atoms with E-state index >= 15 is 0 Å². The van der Waals surface area contributed by atoms with Crippen LogP contribution >= 0.6 is 26.9 Å². The van der Waals surface area contributed by atoms with E-state index in [2.05, 4.69) is 18.4 Å². The number of carbonyl (C=O) groups is 1. The summed E-state index contributed by atoms with van der Waals surface area (Å²) in [5, 5.41) is 8.64. The molecule has 0 radical (unpaired) electrons. The van der Waals surface area contributed by atoms with Gasteiger partial charge in [-0.3, -0.25) is 4.79 Å². The van der Waals surface area contributed by atoms with Crippen LogP contribution in [0.25, 0.3) is 0 Å². The summed E-state index contributed by atoms with van der Waals surface area (Å²) in [7, 11) is 4.88. The van der Waals surface area contributed by atoms with Crippen molar-refractivity contribution in [1.29, 1.82) is 0 Å². The molecular formula is C7H17O4P3. The van der Waals surface area contributed by atoms with Crippen LogP contribution in [0.1, 0.15) is 26.2 Å². The summed E-state index contributed by atoms with van der Waals surface area (Å²) < 4.78 is 10.4. The molecule has 0 saturated heterocycles. The second-order valence-electron chi connectivity index (χ2n) is 2.86. The molecule has 3 unspecified atom stereocenters. The van der Waals surface area contributed by atoms with Crippen molar-refractivity contribution in [3.05, 3.63) is 0 Å². The Morgan fingerprint density at radius 2 is 2.21 bits per heavy atom. The third kappa shape index (κ3) is 7.04. The van der Waals surface area contributed by atoms with E-state index in [1.54, 1.807) is 0 Å². The first-order valence-electron chi connectivity index (χ1n) is 4.32. The Bertz CT molecular complexity index is 163. The smallest absolute Gasteiger partial charge is 0.305 e. The minimum Gasteiger partial charge on any atom is -0.481 e. The van der Waals surface area contributed by atoms with Crippen molar-refractivity contribution >= 4 is 32.9 Å². The average molecular weight is 258 g/mol. The van der Waals surface area contributed by atoms with Gasteiger partial charge >= 0.3 is 5.97 Å². The molecule has 0 saturated carbocycles. The molecule has 84 valence electrons. The van der Waals surface area contributed by atoms with Gasteiger partial charge in [0, 0.05) is 24.4 Å². The van der Waals surface area contributed by atoms with Gasteiger partial charge < -0.3 is 14.2 Å². The lowest BCUT2D eigenvalue weighted by atomic mass is 10.1. The molecule has 0 fully saturated rings. The molecule has 0 aromatic heterocycles. The van der Waals surface area contributed by atoms with Gasteiger partial charge in [0.15, 0.2) is 0 Å². The second-order valence-corrected chi connectivity index (χ2v) is 4.31. The summed E-state index contributed by atoms with van der Waals surface area (Å²) in [6.07, 6.45) is 1.29. The van der Waals surface area contributed by atoms with Crippen molar-refractivity contribution in [3.63, 3.8) is 0 Å². The van der Waals surface area contributed by atoms with Crippen molar-refractivity contribution in [3.8, 4) is 0 Å². The Morgan fingerprint density at radius 1 is 1.57 bits per heavy atom. The quantitative estimate of drug-likeness (QED) is 0.678. The molecule has 14 heavy (non-hydrogen) atoms. The highest BCUT2D eigenvalue weighted by molar-refractivity contribution is 8.00. The number of hydrogen-bond donors (Lipinski definition) is 1. The third-order valence-corrected chi connectivity index (χ3v) is 3.07. The molecule has 0 amide bonds. The van der Waals surface area contributed by atoms with Gasteiger partial charge in [-0.05, 0) is 6.42 Å². The Labute approximate surface area is 90.8 Å². The molecule has 5 atom stereocenters. The lowest BCUT2D eigenvalue weighted by Crippen LogP contribution is -2.21. The summed E-state index contributed by atoms with van der Waals surface area (Å²) >= 11 is 0. The molecule has 0 aliphatic rings. The van der Waals surface area contributed by atoms with E-state index in [0.717, 1.165) is 6.42 Å². The lowest BCUT2D eigenvalue weighted by Gasteiger charge is -2.19. The van der Waals surface area contributed by atoms with Gasteiger partial charge in [-0.15, -0.1) is 0 Å². The monoisotopic (exact) mass is 258 g/mol. The molecule has 0 aromatic carbocycles. The van der Waals surface area contributed by atoms with E-state index < -0.39 is 5.97 Å². The summed E-state index contributed by atoms with van der Waals surface area (Å²) in [6, 6.07) is 0. The molecule has 0 rings (SSSR count). The number of aliphatic carboxylic acids is 1. The maximum absolute atomic E-state index is 10.5. The first-order valence-corrected chi connectivity index (χ1v) is 7.51. The molecule has 0 heterocycles. The van der Waals surface area contributed by atoms with Crippen molar-refractivity contribution in [2.75, 3.05) is 0 Å². The van der Waals surface area contributed by atoms with Crippen LogP contribution in [-0.4, -0.2) is 23.3 Å². The van der Waals surface area contributed by atoms with Crippen LogP contribution in [0.5, 0.6) is 0 Å². The van der Waals surface area contributed by atoms with E-state index in [1.807, 2.05) is 6.92 Å². The second kappa shape index (κ2) is 8.95. The molecule has 0 spiro atoms. The van der Waals surface area contributed by atoms with Crippen LogP contribution in [0, 0.1) is 0 Å². The maximum atomic E-state index is 10.5. The number of carboxylic acids is 1. The van der Waals surface area contributed by atoms with E-state index in [4.69, 9.17) is 14.2 Å². The summed E-state index contributed by atoms with van der Waals surface area (Å²) in [5.74, 6) is -0.836. The van der Waals surface area contributed by atoms with Crippen LogP contribution < -0.4 is 0 Å². The van der Waals surface area contributed by atoms with E-state index in [-0.39, 0.29) is 27.1 Å². The maximum Gasteiger partial charge on any atom is 0.305 e. The SMILES string of the molecule is CC[C@H](C[C@H](CC(=O)O)OPP)OP. The predicted molar refractivity (Wildman–Crippen MR) is 64.6 cm³/mol. The van der Waals surface area contributed by atoms with Gasteiger partial charge in [0.1, 0.15) is 0 Å². The predicted octanol–water partition coefficient (Wildman–Crippen LogP) is 2.21. The third-order valence-electron chi connectivity index (χ3n) is 1.81. The fraction of sp³-hybridized carbons (Fsp3) is 0.857. The topological polar surface area (TPSA) is 55.8 Å². The van der Waals surface area contributed by atoms with Crippen molar-refractivity contribution < 1.29 is 18.9 Å². The Balaban J connectivity index is 3.99. The molecule has 0 aliphatic heterocycles. The molecule has 0 aromatic rings. The first-order chi connectivity index (χ1) is 6.63. The highest BCUT2D eigenvalue weighted by Crippen LogP contribution is 2.28. The first kappa shape index (κ1) is 14.7. The van der Waals surface area contributed by atoms with Gasteiger partial charge in [0.2, 0.25) is 0 Å². The molecule has 7 heteroatoms. The highest BCUT2D eigenvalue weighted by Gasteiger charge is 2.18. The van der Waals surface area contributed by atoms with Crippen LogP contribution in [0.4, 0.5) is 0 Å². The largest absolute Gasteiger partial charge is 0.481 e. The Morgan fingerprint density at radius 3 is 2.57 bits per heavy atom. The molecule has 1 N–H and O–H groups in total. The van der Waals surface area contributed by atoms with Gasteiger partial charge in [0.25, 0.3) is 0 Å². The Kier molecular flexibility index (Phi) is 9.38. The standard InChI is InChI=1S/C7H17O4P3/c1-2-5(10-12)3-6(11-14-13)4-7(8)9/h5-6,14H,2-4,12-13H2,1H3,(H,8,9)/t5-,6-/m1/s1. The van der Waals surface area contributed by atoms with Crippen molar-refractivity contribution in [2.24, 2.45) is 0 Å². The van der Waals surface area contributed by atoms with Crippen molar-refractivity contribution in [1.82, 2.24) is 0 Å². The van der Waals surface area contributed by atoms with E-state index in [9.17, 15) is 4.79 Å². The highest BCUT2D eigenvalue weighted by atomic mass is 32.0. The number of hydrogen-bond acceptors (Lipinski definition) is 3. The average Bonchev–Trinajstić information content (AvgIpc) is 2.13. The van der Waals surface area contributed by atoms with Crippen LogP contribution in [-0.2, 0) is 13.8 Å². The lowest BCUT2D eigenvalue weighted by molar-refractivity contribution is -0.138. The molecule has 4 nitrogen and oxygen atoms in total. The zero-order valence-corrected chi connectivity index (χ0v) is 11.4. The Hall–Kier alpha value is 0.680.